The largest absolute Gasteiger partial charge is 0.404 e. The summed E-state index contributed by atoms with van der Waals surface area (Å²) < 4.78 is 0. The maximum atomic E-state index is 5.89. The summed E-state index contributed by atoms with van der Waals surface area (Å²) in [7, 11) is 0. The molecule has 2 N–H and O–H groups in total. The van der Waals surface area contributed by atoms with Gasteiger partial charge in [-0.25, -0.2) is 0 Å². The van der Waals surface area contributed by atoms with E-state index < -0.39 is 0 Å². The Labute approximate surface area is 112 Å². The van der Waals surface area contributed by atoms with Crippen LogP contribution in [0.15, 0.2) is 18.3 Å². The Balaban J connectivity index is 3.25. The highest BCUT2D eigenvalue weighted by Gasteiger charge is 2.13. The molecule has 0 aliphatic rings. The van der Waals surface area contributed by atoms with Crippen molar-refractivity contribution in [1.82, 2.24) is 0 Å². The summed E-state index contributed by atoms with van der Waals surface area (Å²) in [6.45, 7) is 11.1. The lowest BCUT2D eigenvalue weighted by Crippen LogP contribution is -2.04. The average Bonchev–Trinajstić information content (AvgIpc) is 2.38. The van der Waals surface area contributed by atoms with Crippen LogP contribution in [-0.4, -0.2) is 0 Å². The van der Waals surface area contributed by atoms with Crippen molar-refractivity contribution in [3.05, 3.63) is 40.6 Å². The summed E-state index contributed by atoms with van der Waals surface area (Å²) in [5, 5.41) is 0. The summed E-state index contributed by atoms with van der Waals surface area (Å²) >= 11 is 0. The van der Waals surface area contributed by atoms with Gasteiger partial charge in [-0.2, -0.15) is 0 Å². The number of hydrogen-bond donors (Lipinski definition) is 1. The topological polar surface area (TPSA) is 26.0 Å². The molecule has 0 aliphatic heterocycles. The zero-order valence-electron chi connectivity index (χ0n) is 12.5. The maximum Gasteiger partial charge on any atom is -0.00234 e. The van der Waals surface area contributed by atoms with Gasteiger partial charge in [0.05, 0.1) is 0 Å². The fourth-order valence-corrected chi connectivity index (χ4v) is 2.54. The summed E-state index contributed by atoms with van der Waals surface area (Å²) in [6.07, 6.45) is 5.15. The first-order valence-electron chi connectivity index (χ1n) is 7.05. The third-order valence-electron chi connectivity index (χ3n) is 3.90. The average molecular weight is 245 g/mol. The second kappa shape index (κ2) is 6.63. The first kappa shape index (κ1) is 14.8. The van der Waals surface area contributed by atoms with Crippen LogP contribution in [0.2, 0.25) is 0 Å². The predicted molar refractivity (Wildman–Crippen MR) is 81.5 cm³/mol. The van der Waals surface area contributed by atoms with Crippen molar-refractivity contribution >= 4 is 5.57 Å². The number of nitrogens with two attached hydrogens (primary N) is 1. The highest BCUT2D eigenvalue weighted by molar-refractivity contribution is 5.71. The Morgan fingerprint density at radius 2 is 1.83 bits per heavy atom. The fraction of sp³-hybridized carbons (Fsp3) is 0.529. The summed E-state index contributed by atoms with van der Waals surface area (Å²) in [4.78, 5) is 0. The fourth-order valence-electron chi connectivity index (χ4n) is 2.54. The molecule has 0 amide bonds. The van der Waals surface area contributed by atoms with E-state index in [1.165, 1.54) is 34.2 Å². The molecule has 0 heterocycles. The molecule has 100 valence electrons. The Kier molecular flexibility index (Phi) is 5.46. The van der Waals surface area contributed by atoms with Crippen LogP contribution in [0.4, 0.5) is 0 Å². The van der Waals surface area contributed by atoms with Crippen molar-refractivity contribution in [2.24, 2.45) is 11.7 Å². The molecule has 1 rings (SSSR count). The summed E-state index contributed by atoms with van der Waals surface area (Å²) in [5.74, 6) is 0.685. The molecule has 0 saturated carbocycles. The van der Waals surface area contributed by atoms with Crippen molar-refractivity contribution < 1.29 is 0 Å². The number of aryl methyl sites for hydroxylation is 2. The first-order valence-corrected chi connectivity index (χ1v) is 7.05. The van der Waals surface area contributed by atoms with Crippen molar-refractivity contribution in [2.45, 2.75) is 53.9 Å². The van der Waals surface area contributed by atoms with E-state index in [0.717, 1.165) is 12.8 Å². The van der Waals surface area contributed by atoms with Crippen molar-refractivity contribution in [3.63, 3.8) is 0 Å². The van der Waals surface area contributed by atoms with E-state index >= 15 is 0 Å². The van der Waals surface area contributed by atoms with Crippen molar-refractivity contribution in [3.8, 4) is 0 Å². The molecule has 0 bridgehead atoms. The monoisotopic (exact) mass is 245 g/mol. The Bertz CT molecular complexity index is 429. The molecule has 0 saturated heterocycles. The van der Waals surface area contributed by atoms with Gasteiger partial charge in [-0.3, -0.25) is 0 Å². The molecule has 1 aromatic carbocycles. The van der Waals surface area contributed by atoms with E-state index in [9.17, 15) is 0 Å². The van der Waals surface area contributed by atoms with Gasteiger partial charge in [-0.15, -0.1) is 0 Å². The molecule has 0 aliphatic carbocycles. The first-order chi connectivity index (χ1) is 8.54. The third-order valence-corrected chi connectivity index (χ3v) is 3.90. The smallest absolute Gasteiger partial charge is 0.00234 e. The minimum Gasteiger partial charge on any atom is -0.404 e. The van der Waals surface area contributed by atoms with E-state index in [1.54, 1.807) is 0 Å². The number of hydrogen-bond acceptors (Lipinski definition) is 1. The number of allylic oxidation sites excluding steroid dienone is 1. The lowest BCUT2D eigenvalue weighted by atomic mass is 9.86. The zero-order valence-corrected chi connectivity index (χ0v) is 12.5. The molecule has 0 radical (unpaired) electrons. The van der Waals surface area contributed by atoms with Gasteiger partial charge < -0.3 is 5.73 Å². The third kappa shape index (κ3) is 3.16. The Hall–Kier alpha value is -1.24. The minimum absolute atomic E-state index is 0.685. The minimum atomic E-state index is 0.685. The second-order valence-corrected chi connectivity index (χ2v) is 5.32. The van der Waals surface area contributed by atoms with E-state index in [1.807, 2.05) is 6.20 Å². The molecular weight excluding hydrogens is 218 g/mol. The van der Waals surface area contributed by atoms with Crippen LogP contribution < -0.4 is 5.73 Å². The SMILES string of the molecule is CCc1c(C)ccc(C)c1/C(=C/N)C[C@@H](C)CC. The van der Waals surface area contributed by atoms with E-state index in [2.05, 4.69) is 46.8 Å². The molecule has 0 aromatic heterocycles. The van der Waals surface area contributed by atoms with Crippen LogP contribution in [0.5, 0.6) is 0 Å². The van der Waals surface area contributed by atoms with Crippen LogP contribution in [0, 0.1) is 19.8 Å². The molecule has 18 heavy (non-hydrogen) atoms. The van der Waals surface area contributed by atoms with Crippen molar-refractivity contribution in [2.75, 3.05) is 0 Å². The molecule has 1 atom stereocenters. The molecular formula is C17H27N. The lowest BCUT2D eigenvalue weighted by Gasteiger charge is -2.19. The predicted octanol–water partition coefficient (Wildman–Crippen LogP) is 4.60. The molecule has 1 nitrogen and oxygen atoms in total. The maximum absolute atomic E-state index is 5.89. The van der Waals surface area contributed by atoms with E-state index in [-0.39, 0.29) is 0 Å². The van der Waals surface area contributed by atoms with Crippen molar-refractivity contribution in [1.29, 1.82) is 0 Å². The second-order valence-electron chi connectivity index (χ2n) is 5.32. The molecule has 1 aromatic rings. The van der Waals surface area contributed by atoms with Gasteiger partial charge in [0, 0.05) is 0 Å². The van der Waals surface area contributed by atoms with E-state index in [0.29, 0.717) is 5.92 Å². The van der Waals surface area contributed by atoms with Crippen LogP contribution in [0.25, 0.3) is 5.57 Å². The van der Waals surface area contributed by atoms with Crippen LogP contribution in [-0.2, 0) is 6.42 Å². The Morgan fingerprint density at radius 1 is 1.22 bits per heavy atom. The van der Waals surface area contributed by atoms with E-state index in [4.69, 9.17) is 5.73 Å². The van der Waals surface area contributed by atoms with Gasteiger partial charge in [-0.05, 0) is 66.6 Å². The van der Waals surface area contributed by atoms with Gasteiger partial charge in [0.15, 0.2) is 0 Å². The summed E-state index contributed by atoms with van der Waals surface area (Å²) in [6, 6.07) is 4.43. The normalized spacial score (nSPS) is 13.7. The number of benzene rings is 1. The highest BCUT2D eigenvalue weighted by Crippen LogP contribution is 2.31. The standard InChI is InChI=1S/C17H27N/c1-6-12(3)10-15(11-18)17-14(5)9-8-13(4)16(17)7-2/h8-9,11-12H,6-7,10,18H2,1-5H3/b15-11+/t12-/m0/s1. The van der Waals surface area contributed by atoms with Gasteiger partial charge >= 0.3 is 0 Å². The van der Waals surface area contributed by atoms with Gasteiger partial charge in [0.25, 0.3) is 0 Å². The van der Waals surface area contributed by atoms with Gasteiger partial charge in [-0.1, -0.05) is 39.3 Å². The van der Waals surface area contributed by atoms with Crippen LogP contribution >= 0.6 is 0 Å². The molecule has 0 fully saturated rings. The zero-order chi connectivity index (χ0) is 13.7. The highest BCUT2D eigenvalue weighted by atomic mass is 14.5. The lowest BCUT2D eigenvalue weighted by molar-refractivity contribution is 0.578. The molecule has 0 unspecified atom stereocenters. The van der Waals surface area contributed by atoms with Gasteiger partial charge in [0.2, 0.25) is 0 Å². The Morgan fingerprint density at radius 3 is 2.33 bits per heavy atom. The molecule has 0 spiro atoms. The van der Waals surface area contributed by atoms with Crippen LogP contribution in [0.3, 0.4) is 0 Å². The number of rotatable bonds is 5. The summed E-state index contributed by atoms with van der Waals surface area (Å²) in [5.41, 5.74) is 12.8. The molecule has 1 heteroatoms. The quantitative estimate of drug-likeness (QED) is 0.806. The van der Waals surface area contributed by atoms with Gasteiger partial charge in [0.1, 0.15) is 0 Å². The van der Waals surface area contributed by atoms with Crippen LogP contribution in [0.1, 0.15) is 55.9 Å².